The van der Waals surface area contributed by atoms with Gasteiger partial charge in [0.25, 0.3) is 0 Å². The van der Waals surface area contributed by atoms with Crippen LogP contribution in [0.15, 0.2) is 0 Å². The van der Waals surface area contributed by atoms with Crippen LogP contribution in [0.1, 0.15) is 20.8 Å². The molecule has 0 aromatic rings. The van der Waals surface area contributed by atoms with E-state index in [0.29, 0.717) is 5.92 Å². The van der Waals surface area contributed by atoms with Gasteiger partial charge in [-0.25, -0.2) is 0 Å². The van der Waals surface area contributed by atoms with Gasteiger partial charge in [-0.15, -0.1) is 0 Å². The molecule has 0 aromatic carbocycles. The van der Waals surface area contributed by atoms with E-state index in [2.05, 4.69) is 4.74 Å². The van der Waals surface area contributed by atoms with E-state index in [-0.39, 0.29) is 63.6 Å². The number of hydrogen-bond donors (Lipinski definition) is 0. The fraction of sp³-hybridized carbons (Fsp3) is 0.833. The maximum Gasteiger partial charge on any atom is 1.00 e. The Morgan fingerprint density at radius 2 is 1.73 bits per heavy atom. The minimum Gasteiger partial charge on any atom is -0.693 e. The van der Waals surface area contributed by atoms with Gasteiger partial charge in [-0.2, -0.15) is 0 Å². The summed E-state index contributed by atoms with van der Waals surface area (Å²) in [7, 11) is 0. The zero-order chi connectivity index (χ0) is 7.44. The quantitative estimate of drug-likeness (QED) is 0.564. The molecule has 0 aliphatic rings. The molecule has 0 radical (unpaired) electrons. The van der Waals surface area contributed by atoms with Gasteiger partial charge in [-0.3, -0.25) is 4.79 Å². The van der Waals surface area contributed by atoms with Crippen molar-refractivity contribution in [3.63, 3.8) is 0 Å². The van der Waals surface area contributed by atoms with Gasteiger partial charge in [-0.1, -0.05) is 13.8 Å². The second-order valence-electron chi connectivity index (χ2n) is 2.35. The summed E-state index contributed by atoms with van der Waals surface area (Å²) < 4.78 is 4.54. The number of nitrogens with one attached hydrogen (secondary N) is 1. The standard InChI is InChI=1S/C6H13NO2.K.H2N/c1-4(2)5(3)9-6(7)8;;/h4-5H,1-3H3,(H2,7,8);;1H2/q;+1;-1/p-1. The smallest absolute Gasteiger partial charge is 0.693 e. The van der Waals surface area contributed by atoms with Crippen molar-refractivity contribution < 1.29 is 60.9 Å². The Labute approximate surface area is 110 Å². The molecule has 0 saturated heterocycles. The molecule has 0 fully saturated rings. The Morgan fingerprint density at radius 1 is 1.36 bits per heavy atom. The van der Waals surface area contributed by atoms with Crippen molar-refractivity contribution in [2.24, 2.45) is 5.92 Å². The van der Waals surface area contributed by atoms with Crippen LogP contribution in [-0.2, 0) is 4.74 Å². The van der Waals surface area contributed by atoms with E-state index in [1.807, 2.05) is 13.8 Å². The third-order valence-corrected chi connectivity index (χ3v) is 1.23. The van der Waals surface area contributed by atoms with Gasteiger partial charge in [0.1, 0.15) is 0 Å². The molecule has 0 heterocycles. The summed E-state index contributed by atoms with van der Waals surface area (Å²) in [4.78, 5) is 10.0. The second-order valence-corrected chi connectivity index (χ2v) is 2.35. The first-order chi connectivity index (χ1) is 4.04. The first kappa shape index (κ1) is 17.8. The van der Waals surface area contributed by atoms with Crippen LogP contribution in [0.25, 0.3) is 11.9 Å². The summed E-state index contributed by atoms with van der Waals surface area (Å²) in [6.07, 6.45) is -1.09. The maximum absolute atomic E-state index is 10.0. The molecular formula is C6H14KN2O2-. The van der Waals surface area contributed by atoms with E-state index in [1.54, 1.807) is 6.92 Å². The van der Waals surface area contributed by atoms with Crippen molar-refractivity contribution in [3.05, 3.63) is 11.9 Å². The number of rotatable bonds is 2. The van der Waals surface area contributed by atoms with Crippen molar-refractivity contribution in [1.29, 1.82) is 0 Å². The van der Waals surface area contributed by atoms with E-state index in [0.717, 1.165) is 0 Å². The van der Waals surface area contributed by atoms with Gasteiger partial charge in [0.2, 0.25) is 6.09 Å². The van der Waals surface area contributed by atoms with Crippen molar-refractivity contribution >= 4 is 6.09 Å². The molecule has 3 N–H and O–H groups in total. The van der Waals surface area contributed by atoms with Crippen LogP contribution in [0.4, 0.5) is 4.79 Å². The summed E-state index contributed by atoms with van der Waals surface area (Å²) in [5, 5.41) is 0. The molecule has 0 aliphatic carbocycles. The zero-order valence-corrected chi connectivity index (χ0v) is 10.7. The van der Waals surface area contributed by atoms with Gasteiger partial charge >= 0.3 is 51.4 Å². The predicted molar refractivity (Wildman–Crippen MR) is 40.4 cm³/mol. The van der Waals surface area contributed by atoms with Crippen molar-refractivity contribution in [2.75, 3.05) is 0 Å². The van der Waals surface area contributed by atoms with E-state index in [4.69, 9.17) is 5.73 Å². The molecule has 0 bridgehead atoms. The monoisotopic (exact) mass is 185 g/mol. The van der Waals surface area contributed by atoms with Gasteiger partial charge in [0.15, 0.2) is 0 Å². The molecule has 0 rings (SSSR count). The number of hydrogen-bond acceptors (Lipinski definition) is 2. The molecule has 5 heteroatoms. The minimum atomic E-state index is -0.948. The average Bonchev–Trinajstić information content (AvgIpc) is 1.63. The molecule has 0 aliphatic heterocycles. The molecule has 0 aromatic heterocycles. The van der Waals surface area contributed by atoms with E-state index in [9.17, 15) is 4.79 Å². The normalized spacial score (nSPS) is 10.9. The molecule has 0 spiro atoms. The summed E-state index contributed by atoms with van der Waals surface area (Å²) in [5.74, 6) is 0.291. The Hall–Kier alpha value is 0.866. The number of carbonyl (C=O) groups is 1. The van der Waals surface area contributed by atoms with Gasteiger partial charge in [0.05, 0.1) is 6.10 Å². The molecule has 11 heavy (non-hydrogen) atoms. The van der Waals surface area contributed by atoms with Crippen LogP contribution in [-0.4, -0.2) is 12.2 Å². The van der Waals surface area contributed by atoms with Crippen LogP contribution in [0.5, 0.6) is 0 Å². The third kappa shape index (κ3) is 10.9. The van der Waals surface area contributed by atoms with Crippen LogP contribution in [0.2, 0.25) is 0 Å². The number of nitrogens with two attached hydrogens (primary N) is 1. The Bertz CT molecular complexity index is 109. The molecule has 4 nitrogen and oxygen atoms in total. The van der Waals surface area contributed by atoms with E-state index >= 15 is 0 Å². The first-order valence-corrected chi connectivity index (χ1v) is 2.96. The maximum atomic E-state index is 10.0. The number of ether oxygens (including phenoxy) is 1. The molecule has 1 atom stereocenters. The van der Waals surface area contributed by atoms with Crippen molar-refractivity contribution in [1.82, 2.24) is 0 Å². The average molecular weight is 185 g/mol. The van der Waals surface area contributed by atoms with Crippen LogP contribution >= 0.6 is 0 Å². The van der Waals surface area contributed by atoms with Gasteiger partial charge < -0.3 is 16.6 Å². The molecule has 1 amide bonds. The Morgan fingerprint density at radius 3 is 1.82 bits per heavy atom. The zero-order valence-electron chi connectivity index (χ0n) is 7.55. The Balaban J connectivity index is -0.000000320. The summed E-state index contributed by atoms with van der Waals surface area (Å²) >= 11 is 0. The van der Waals surface area contributed by atoms with Crippen molar-refractivity contribution in [2.45, 2.75) is 26.9 Å². The summed E-state index contributed by atoms with van der Waals surface area (Å²) in [6.45, 7) is 5.65. The van der Waals surface area contributed by atoms with E-state index < -0.39 is 6.09 Å². The topological polar surface area (TPSA) is 83.6 Å². The minimum absolute atomic E-state index is 0. The Kier molecular flexibility index (Phi) is 14.5. The van der Waals surface area contributed by atoms with Gasteiger partial charge in [0, 0.05) is 0 Å². The fourth-order valence-corrected chi connectivity index (χ4v) is 0.305. The molecular weight excluding hydrogens is 171 g/mol. The second kappa shape index (κ2) is 8.96. The predicted octanol–water partition coefficient (Wildman–Crippen LogP) is -0.0592. The molecule has 0 saturated carbocycles. The molecule has 62 valence electrons. The number of amides is 1. The number of carbonyl (C=O) groups excluding carboxylic acids is 1. The van der Waals surface area contributed by atoms with E-state index in [1.165, 1.54) is 0 Å². The van der Waals surface area contributed by atoms with Crippen LogP contribution < -0.4 is 51.4 Å². The van der Waals surface area contributed by atoms with Gasteiger partial charge in [-0.05, 0) is 12.8 Å². The SMILES string of the molecule is CC(C)C(C)OC([NH-])=O.[K+].[NH2-]. The first-order valence-electron chi connectivity index (χ1n) is 2.96. The third-order valence-electron chi connectivity index (χ3n) is 1.23. The van der Waals surface area contributed by atoms with Crippen LogP contribution in [0, 0.1) is 5.92 Å². The van der Waals surface area contributed by atoms with Crippen molar-refractivity contribution in [3.8, 4) is 0 Å². The molecule has 1 unspecified atom stereocenters. The van der Waals surface area contributed by atoms with Crippen LogP contribution in [0.3, 0.4) is 0 Å². The summed E-state index contributed by atoms with van der Waals surface area (Å²) in [6, 6.07) is 0. The fourth-order valence-electron chi connectivity index (χ4n) is 0.305. The largest absolute Gasteiger partial charge is 1.00 e. The summed E-state index contributed by atoms with van der Waals surface area (Å²) in [5.41, 5.74) is 6.44.